The van der Waals surface area contributed by atoms with Gasteiger partial charge in [0, 0.05) is 0 Å². The first-order valence-corrected chi connectivity index (χ1v) is 26.3. The van der Waals surface area contributed by atoms with Crippen LogP contribution in [0.3, 0.4) is 0 Å². The summed E-state index contributed by atoms with van der Waals surface area (Å²) in [6.07, 6.45) is 9.00. The van der Waals surface area contributed by atoms with Crippen LogP contribution in [0.25, 0.3) is 32.7 Å². The van der Waals surface area contributed by atoms with Gasteiger partial charge in [0.15, 0.2) is 0 Å². The second kappa shape index (κ2) is 15.2. The van der Waals surface area contributed by atoms with E-state index in [9.17, 15) is 0 Å². The van der Waals surface area contributed by atoms with Crippen LogP contribution in [0, 0.1) is 0 Å². The van der Waals surface area contributed by atoms with Gasteiger partial charge >= 0.3 is 321 Å². The van der Waals surface area contributed by atoms with Crippen molar-refractivity contribution in [3.05, 3.63) is 243 Å². The molecular formula is C53H44Cl2Zr. The summed E-state index contributed by atoms with van der Waals surface area (Å²) in [4.78, 5) is 0. The molecule has 0 aliphatic heterocycles. The molecule has 0 fully saturated rings. The summed E-state index contributed by atoms with van der Waals surface area (Å²) < 4.78 is 9.23. The van der Waals surface area contributed by atoms with Crippen LogP contribution in [0.1, 0.15) is 47.1 Å². The van der Waals surface area contributed by atoms with Gasteiger partial charge in [0.25, 0.3) is 0 Å². The van der Waals surface area contributed by atoms with Crippen molar-refractivity contribution in [1.29, 1.82) is 0 Å². The van der Waals surface area contributed by atoms with E-state index in [1.54, 1.807) is 0 Å². The monoisotopic (exact) mass is 840 g/mol. The molecule has 0 radical (unpaired) electrons. The molecule has 0 bridgehead atoms. The molecule has 0 aromatic heterocycles. The molecule has 8 aromatic rings. The Morgan fingerprint density at radius 2 is 0.929 bits per heavy atom. The molecule has 3 heteroatoms. The Morgan fingerprint density at radius 1 is 0.464 bits per heavy atom. The van der Waals surface area contributed by atoms with E-state index in [2.05, 4.69) is 206 Å². The molecule has 0 amide bonds. The fraction of sp³-hybridized carbons (Fsp3) is 0.0755. The summed E-state index contributed by atoms with van der Waals surface area (Å²) in [7, 11) is 0. The SMILES string of the molecule is Cl.Cl.[CH2]=[Zr]([C]1=CC=CC1)([c]1cccc2c1c1c(c3ccccc32)-c2ccccc2C1)([CH](c1ccccc1)c1ccccc1)[CH](c1ccccc1)c1ccccc1. The van der Waals surface area contributed by atoms with E-state index in [-0.39, 0.29) is 32.1 Å². The predicted octanol–water partition coefficient (Wildman–Crippen LogP) is 13.6. The third kappa shape index (κ3) is 5.62. The van der Waals surface area contributed by atoms with Crippen molar-refractivity contribution in [1.82, 2.24) is 0 Å². The van der Waals surface area contributed by atoms with Gasteiger partial charge in [-0.1, -0.05) is 0 Å². The summed E-state index contributed by atoms with van der Waals surface area (Å²) in [6.45, 7) is 0. The van der Waals surface area contributed by atoms with Crippen LogP contribution in [-0.2, 0) is 24.7 Å². The minimum absolute atomic E-state index is 0. The topological polar surface area (TPSA) is 0 Å². The average molecular weight is 843 g/mol. The van der Waals surface area contributed by atoms with Crippen molar-refractivity contribution >= 4 is 53.8 Å². The summed E-state index contributed by atoms with van der Waals surface area (Å²) in [5.41, 5.74) is 11.0. The van der Waals surface area contributed by atoms with E-state index in [0.717, 1.165) is 12.8 Å². The fourth-order valence-corrected chi connectivity index (χ4v) is 31.2. The van der Waals surface area contributed by atoms with Crippen LogP contribution < -0.4 is 3.27 Å². The van der Waals surface area contributed by atoms with Crippen molar-refractivity contribution in [3.8, 4) is 11.1 Å². The first-order valence-electron chi connectivity index (χ1n) is 19.3. The predicted molar refractivity (Wildman–Crippen MR) is 242 cm³/mol. The molecule has 274 valence electrons. The van der Waals surface area contributed by atoms with Gasteiger partial charge in [-0.15, -0.1) is 24.8 Å². The third-order valence-corrected chi connectivity index (χ3v) is 31.4. The average Bonchev–Trinajstić information content (AvgIpc) is 3.93. The van der Waals surface area contributed by atoms with Gasteiger partial charge in [-0.25, -0.2) is 0 Å². The van der Waals surface area contributed by atoms with E-state index < -0.39 is 18.3 Å². The Balaban J connectivity index is 0.00000220. The number of rotatable bonds is 8. The zero-order valence-electron chi connectivity index (χ0n) is 31.2. The zero-order valence-corrected chi connectivity index (χ0v) is 35.3. The Morgan fingerprint density at radius 3 is 1.45 bits per heavy atom. The number of hydrogen-bond acceptors (Lipinski definition) is 0. The van der Waals surface area contributed by atoms with Gasteiger partial charge in [0.2, 0.25) is 0 Å². The molecule has 0 spiro atoms. The number of fused-ring (bicyclic) bond motifs is 8. The van der Waals surface area contributed by atoms with Gasteiger partial charge in [-0.3, -0.25) is 0 Å². The van der Waals surface area contributed by atoms with Gasteiger partial charge in [0.05, 0.1) is 0 Å². The van der Waals surface area contributed by atoms with Crippen LogP contribution >= 0.6 is 24.8 Å². The standard InChI is InChI=1S/C21H13.2C13H11.C5H5.CH2.2ClH.Zr/c1-2-8-15-14(7-1)13-20-18-11-4-3-9-16(18)17-10-5-6-12-19(17)21(15)20;2*1-3-7-12(8-4-1)11-13-9-5-2-6-10-13;1-2-4-5-3-1;;;;/h1-10,12H,13H2;2*1-11H;1-3H,4H2;1H2;2*1H;. The van der Waals surface area contributed by atoms with Gasteiger partial charge < -0.3 is 0 Å². The van der Waals surface area contributed by atoms with Crippen LogP contribution in [0.5, 0.6) is 0 Å². The first-order chi connectivity index (χ1) is 26.7. The van der Waals surface area contributed by atoms with E-state index in [1.807, 2.05) is 0 Å². The van der Waals surface area contributed by atoms with Crippen molar-refractivity contribution in [2.24, 2.45) is 0 Å². The molecule has 2 aliphatic carbocycles. The fourth-order valence-electron chi connectivity index (χ4n) is 10.8. The molecular weight excluding hydrogens is 799 g/mol. The summed E-state index contributed by atoms with van der Waals surface area (Å²) in [5, 5.41) is 5.42. The summed E-state index contributed by atoms with van der Waals surface area (Å²) in [5.74, 6) is 0. The number of halogens is 2. The molecule has 2 aliphatic rings. The van der Waals surface area contributed by atoms with Crippen LogP contribution in [0.4, 0.5) is 0 Å². The minimum atomic E-state index is -5.39. The second-order valence-electron chi connectivity index (χ2n) is 15.4. The van der Waals surface area contributed by atoms with Crippen molar-refractivity contribution in [2.45, 2.75) is 20.1 Å². The quantitative estimate of drug-likeness (QED) is 0.134. The normalized spacial score (nSPS) is 13.3. The van der Waals surface area contributed by atoms with Crippen LogP contribution in [0.15, 0.2) is 210 Å². The number of allylic oxidation sites excluding steroid dienone is 4. The molecule has 0 atom stereocenters. The maximum atomic E-state index is 6.17. The maximum absolute atomic E-state index is 6.17. The molecule has 0 saturated carbocycles. The first kappa shape index (κ1) is 38.0. The third-order valence-electron chi connectivity index (χ3n) is 12.8. The van der Waals surface area contributed by atoms with Gasteiger partial charge in [0.1, 0.15) is 0 Å². The van der Waals surface area contributed by atoms with Gasteiger partial charge in [-0.05, 0) is 0 Å². The molecule has 0 unspecified atom stereocenters. The Labute approximate surface area is 343 Å². The number of benzene rings is 8. The Hall–Kier alpha value is -4.91. The van der Waals surface area contributed by atoms with Gasteiger partial charge in [-0.2, -0.15) is 0 Å². The Bertz CT molecular complexity index is 2660. The van der Waals surface area contributed by atoms with Crippen molar-refractivity contribution < 1.29 is 18.3 Å². The van der Waals surface area contributed by atoms with E-state index in [1.165, 1.54) is 72.6 Å². The molecule has 0 heterocycles. The van der Waals surface area contributed by atoms with E-state index in [0.29, 0.717) is 0 Å². The molecule has 0 saturated heterocycles. The summed E-state index contributed by atoms with van der Waals surface area (Å²) >= 11 is -5.39. The molecule has 56 heavy (non-hydrogen) atoms. The molecule has 0 nitrogen and oxygen atoms in total. The molecule has 8 aromatic carbocycles. The zero-order chi connectivity index (χ0) is 36.1. The van der Waals surface area contributed by atoms with Crippen molar-refractivity contribution in [2.75, 3.05) is 0 Å². The van der Waals surface area contributed by atoms with Crippen molar-refractivity contribution in [3.63, 3.8) is 0 Å². The van der Waals surface area contributed by atoms with E-state index >= 15 is 0 Å². The summed E-state index contributed by atoms with van der Waals surface area (Å²) in [6, 6.07) is 71.1. The molecule has 10 rings (SSSR count). The van der Waals surface area contributed by atoms with E-state index in [4.69, 9.17) is 4.21 Å². The Kier molecular flexibility index (Phi) is 10.3. The van der Waals surface area contributed by atoms with Crippen LogP contribution in [-0.4, -0.2) is 4.21 Å². The second-order valence-corrected chi connectivity index (χ2v) is 29.2. The van der Waals surface area contributed by atoms with Crippen LogP contribution in [0.2, 0.25) is 0 Å². The molecule has 0 N–H and O–H groups in total. The number of hydrogen-bond donors (Lipinski definition) is 0.